The van der Waals surface area contributed by atoms with Crippen molar-refractivity contribution in [3.05, 3.63) is 105 Å². The fourth-order valence-corrected chi connectivity index (χ4v) is 4.83. The highest BCUT2D eigenvalue weighted by Gasteiger charge is 2.14. The molecular weight excluding hydrogens is 575 g/mol. The molecule has 0 aliphatic rings. The standard InChI is InChI=1S/C31H31IN2O3/c1-31(2,3)25-14-12-21(13-15-25)18-29(35)34-33-19-22-16-27(32)30(28(17-22)36-4)37-20-24-10-7-9-23-8-5-6-11-26(23)24/h5-17,19H,18,20H2,1-4H3,(H,34,35)/b33-19-. The van der Waals surface area contributed by atoms with Gasteiger partial charge in [0.2, 0.25) is 5.91 Å². The Morgan fingerprint density at radius 2 is 1.73 bits per heavy atom. The van der Waals surface area contributed by atoms with Crippen LogP contribution in [-0.4, -0.2) is 19.2 Å². The quantitative estimate of drug-likeness (QED) is 0.133. The van der Waals surface area contributed by atoms with Crippen LogP contribution in [-0.2, 0) is 23.2 Å². The lowest BCUT2D eigenvalue weighted by Gasteiger charge is -2.19. The SMILES string of the molecule is COc1cc(/C=N\NC(=O)Cc2ccc(C(C)(C)C)cc2)cc(I)c1OCc1cccc2ccccc12. The molecule has 0 aliphatic heterocycles. The average molecular weight is 607 g/mol. The molecule has 6 heteroatoms. The zero-order valence-electron chi connectivity index (χ0n) is 21.5. The summed E-state index contributed by atoms with van der Waals surface area (Å²) in [6.45, 7) is 6.93. The lowest BCUT2D eigenvalue weighted by molar-refractivity contribution is -0.120. The summed E-state index contributed by atoms with van der Waals surface area (Å²) in [5.74, 6) is 1.12. The number of carbonyl (C=O) groups excluding carboxylic acids is 1. The number of hydrazone groups is 1. The van der Waals surface area contributed by atoms with Crippen LogP contribution < -0.4 is 14.9 Å². The molecule has 0 heterocycles. The van der Waals surface area contributed by atoms with Crippen molar-refractivity contribution >= 4 is 45.5 Å². The fraction of sp³-hybridized carbons (Fsp3) is 0.226. The number of halogens is 1. The Hall–Kier alpha value is -3.39. The van der Waals surface area contributed by atoms with Gasteiger partial charge in [-0.15, -0.1) is 0 Å². The van der Waals surface area contributed by atoms with Crippen molar-refractivity contribution in [2.24, 2.45) is 5.10 Å². The molecule has 1 amide bonds. The molecule has 4 aromatic rings. The van der Waals surface area contributed by atoms with Gasteiger partial charge in [0.25, 0.3) is 0 Å². The number of nitrogens with zero attached hydrogens (tertiary/aromatic N) is 1. The Kier molecular flexibility index (Phi) is 8.48. The predicted molar refractivity (Wildman–Crippen MR) is 159 cm³/mol. The van der Waals surface area contributed by atoms with Crippen molar-refractivity contribution in [2.75, 3.05) is 7.11 Å². The number of fused-ring (bicyclic) bond motifs is 1. The molecule has 0 spiro atoms. The summed E-state index contributed by atoms with van der Waals surface area (Å²) < 4.78 is 12.7. The minimum absolute atomic E-state index is 0.0835. The summed E-state index contributed by atoms with van der Waals surface area (Å²) in [5, 5.41) is 6.50. The monoisotopic (exact) mass is 606 g/mol. The van der Waals surface area contributed by atoms with Gasteiger partial charge in [0.05, 0.1) is 23.3 Å². The molecule has 0 aliphatic carbocycles. The van der Waals surface area contributed by atoms with Gasteiger partial charge >= 0.3 is 0 Å². The zero-order chi connectivity index (χ0) is 26.4. The Labute approximate surface area is 232 Å². The normalized spacial score (nSPS) is 11.6. The number of carbonyl (C=O) groups is 1. The second kappa shape index (κ2) is 11.8. The molecule has 37 heavy (non-hydrogen) atoms. The van der Waals surface area contributed by atoms with E-state index in [2.05, 4.69) is 90.3 Å². The van der Waals surface area contributed by atoms with Crippen LogP contribution in [0, 0.1) is 3.57 Å². The van der Waals surface area contributed by atoms with E-state index in [0.29, 0.717) is 18.1 Å². The first-order valence-electron chi connectivity index (χ1n) is 12.1. The molecule has 4 aromatic carbocycles. The van der Waals surface area contributed by atoms with Gasteiger partial charge in [0, 0.05) is 0 Å². The zero-order valence-corrected chi connectivity index (χ0v) is 23.7. The Morgan fingerprint density at radius 1 is 1.00 bits per heavy atom. The molecule has 0 fully saturated rings. The second-order valence-electron chi connectivity index (χ2n) is 9.88. The molecule has 0 saturated heterocycles. The van der Waals surface area contributed by atoms with Gasteiger partial charge in [-0.05, 0) is 73.2 Å². The number of ether oxygens (including phenoxy) is 2. The Morgan fingerprint density at radius 3 is 2.46 bits per heavy atom. The first-order chi connectivity index (χ1) is 17.7. The van der Waals surface area contributed by atoms with Crippen LogP contribution in [0.15, 0.2) is 84.0 Å². The van der Waals surface area contributed by atoms with E-state index in [0.717, 1.165) is 20.3 Å². The highest BCUT2D eigenvalue weighted by Crippen LogP contribution is 2.34. The average Bonchev–Trinajstić information content (AvgIpc) is 2.87. The minimum Gasteiger partial charge on any atom is -0.493 e. The van der Waals surface area contributed by atoms with Crippen LogP contribution in [0.3, 0.4) is 0 Å². The lowest BCUT2D eigenvalue weighted by Crippen LogP contribution is -2.20. The van der Waals surface area contributed by atoms with Crippen molar-refractivity contribution in [2.45, 2.75) is 39.2 Å². The Bertz CT molecular complexity index is 1420. The van der Waals surface area contributed by atoms with Gasteiger partial charge in [-0.25, -0.2) is 5.43 Å². The van der Waals surface area contributed by atoms with E-state index < -0.39 is 0 Å². The molecule has 0 atom stereocenters. The smallest absolute Gasteiger partial charge is 0.244 e. The van der Waals surface area contributed by atoms with E-state index >= 15 is 0 Å². The van der Waals surface area contributed by atoms with Crippen LogP contribution in [0.1, 0.15) is 43.0 Å². The topological polar surface area (TPSA) is 59.9 Å². The van der Waals surface area contributed by atoms with Crippen LogP contribution in [0.25, 0.3) is 10.8 Å². The van der Waals surface area contributed by atoms with E-state index in [9.17, 15) is 4.79 Å². The predicted octanol–water partition coefficient (Wildman–Crippen LogP) is 7.02. The molecule has 0 aromatic heterocycles. The van der Waals surface area contributed by atoms with E-state index in [-0.39, 0.29) is 17.7 Å². The van der Waals surface area contributed by atoms with E-state index in [1.54, 1.807) is 13.3 Å². The van der Waals surface area contributed by atoms with E-state index in [1.807, 2.05) is 42.5 Å². The van der Waals surface area contributed by atoms with Gasteiger partial charge in [-0.3, -0.25) is 4.79 Å². The van der Waals surface area contributed by atoms with Crippen molar-refractivity contribution in [1.82, 2.24) is 5.43 Å². The third kappa shape index (κ3) is 6.89. The molecular formula is C31H31IN2O3. The molecule has 0 radical (unpaired) electrons. The third-order valence-electron chi connectivity index (χ3n) is 6.09. The van der Waals surface area contributed by atoms with Gasteiger partial charge in [0.1, 0.15) is 6.61 Å². The highest BCUT2D eigenvalue weighted by atomic mass is 127. The molecule has 4 rings (SSSR count). The molecule has 1 N–H and O–H groups in total. The molecule has 5 nitrogen and oxygen atoms in total. The van der Waals surface area contributed by atoms with Crippen molar-refractivity contribution < 1.29 is 14.3 Å². The summed E-state index contributed by atoms with van der Waals surface area (Å²) >= 11 is 2.23. The van der Waals surface area contributed by atoms with Gasteiger partial charge in [-0.1, -0.05) is 87.5 Å². The van der Waals surface area contributed by atoms with Gasteiger partial charge < -0.3 is 9.47 Å². The number of methoxy groups -OCH3 is 1. The van der Waals surface area contributed by atoms with E-state index in [1.165, 1.54) is 16.3 Å². The molecule has 0 bridgehead atoms. The second-order valence-corrected chi connectivity index (χ2v) is 11.0. The summed E-state index contributed by atoms with van der Waals surface area (Å²) in [4.78, 5) is 12.4. The van der Waals surface area contributed by atoms with Crippen molar-refractivity contribution in [3.63, 3.8) is 0 Å². The van der Waals surface area contributed by atoms with Crippen LogP contribution in [0.5, 0.6) is 11.5 Å². The summed E-state index contributed by atoms with van der Waals surface area (Å²) in [7, 11) is 1.61. The van der Waals surface area contributed by atoms with Gasteiger partial charge in [0.15, 0.2) is 11.5 Å². The number of hydrogen-bond acceptors (Lipinski definition) is 4. The maximum atomic E-state index is 12.4. The maximum absolute atomic E-state index is 12.4. The van der Waals surface area contributed by atoms with E-state index in [4.69, 9.17) is 9.47 Å². The van der Waals surface area contributed by atoms with Crippen LogP contribution in [0.4, 0.5) is 0 Å². The van der Waals surface area contributed by atoms with Crippen molar-refractivity contribution in [3.8, 4) is 11.5 Å². The fourth-order valence-electron chi connectivity index (χ4n) is 4.05. The third-order valence-corrected chi connectivity index (χ3v) is 6.89. The number of hydrogen-bond donors (Lipinski definition) is 1. The first kappa shape index (κ1) is 26.7. The van der Waals surface area contributed by atoms with Crippen molar-refractivity contribution in [1.29, 1.82) is 0 Å². The maximum Gasteiger partial charge on any atom is 0.244 e. The highest BCUT2D eigenvalue weighted by molar-refractivity contribution is 14.1. The number of amides is 1. The molecule has 190 valence electrons. The minimum atomic E-state index is -0.170. The Balaban J connectivity index is 1.39. The largest absolute Gasteiger partial charge is 0.493 e. The van der Waals surface area contributed by atoms with Crippen LogP contribution >= 0.6 is 22.6 Å². The molecule has 0 saturated carbocycles. The number of benzene rings is 4. The van der Waals surface area contributed by atoms with Crippen LogP contribution in [0.2, 0.25) is 0 Å². The lowest BCUT2D eigenvalue weighted by atomic mass is 9.86. The summed E-state index contributed by atoms with van der Waals surface area (Å²) in [5.41, 5.74) is 6.79. The summed E-state index contributed by atoms with van der Waals surface area (Å²) in [6, 6.07) is 26.4. The first-order valence-corrected chi connectivity index (χ1v) is 13.2. The number of rotatable bonds is 8. The number of nitrogens with one attached hydrogen (secondary N) is 1. The summed E-state index contributed by atoms with van der Waals surface area (Å²) in [6.07, 6.45) is 1.88. The van der Waals surface area contributed by atoms with Gasteiger partial charge in [-0.2, -0.15) is 5.10 Å². The molecule has 0 unspecified atom stereocenters.